The molecule has 0 radical (unpaired) electrons. The summed E-state index contributed by atoms with van der Waals surface area (Å²) in [6.07, 6.45) is 0. The average Bonchev–Trinajstić information content (AvgIpc) is 2.59. The molecule has 0 aliphatic heterocycles. The van der Waals surface area contributed by atoms with Gasteiger partial charge in [0.15, 0.2) is 5.84 Å². The lowest BCUT2D eigenvalue weighted by Crippen LogP contribution is -2.16. The minimum Gasteiger partial charge on any atom is -0.497 e. The Hall–Kier alpha value is -3.02. The third-order valence-electron chi connectivity index (χ3n) is 3.23. The second kappa shape index (κ2) is 7.31. The van der Waals surface area contributed by atoms with E-state index in [1.807, 2.05) is 43.3 Å². The van der Waals surface area contributed by atoms with Gasteiger partial charge < -0.3 is 20.2 Å². The number of rotatable bonds is 5. The molecule has 0 aromatic heterocycles. The van der Waals surface area contributed by atoms with Gasteiger partial charge in [0.1, 0.15) is 5.75 Å². The van der Waals surface area contributed by atoms with Gasteiger partial charge in [0.25, 0.3) is 0 Å². The molecule has 6 heteroatoms. The first kappa shape index (κ1) is 16.4. The Morgan fingerprint density at radius 1 is 1.00 bits per heavy atom. The highest BCUT2D eigenvalue weighted by atomic mass is 16.7. The number of benzene rings is 2. The molecule has 23 heavy (non-hydrogen) atoms. The van der Waals surface area contributed by atoms with Gasteiger partial charge in [-0.05, 0) is 48.5 Å². The molecule has 0 fully saturated rings. The molecule has 0 saturated carbocycles. The molecule has 2 aromatic carbocycles. The summed E-state index contributed by atoms with van der Waals surface area (Å²) in [5.41, 5.74) is 7.92. The molecule has 0 saturated heterocycles. The van der Waals surface area contributed by atoms with Crippen molar-refractivity contribution in [3.63, 3.8) is 0 Å². The molecule has 120 valence electrons. The van der Waals surface area contributed by atoms with E-state index in [0.29, 0.717) is 16.9 Å². The molecular weight excluding hydrogens is 294 g/mol. The number of nitrogens with zero attached hydrogens (tertiary/aromatic N) is 2. The van der Waals surface area contributed by atoms with Crippen molar-refractivity contribution in [2.45, 2.75) is 0 Å². The molecule has 0 spiro atoms. The zero-order valence-electron chi connectivity index (χ0n) is 13.3. The van der Waals surface area contributed by atoms with E-state index in [9.17, 15) is 4.79 Å². The van der Waals surface area contributed by atoms with Crippen molar-refractivity contribution in [1.29, 1.82) is 0 Å². The van der Waals surface area contributed by atoms with Gasteiger partial charge in [-0.1, -0.05) is 5.16 Å². The molecule has 0 atom stereocenters. The maximum Gasteiger partial charge on any atom is 0.365 e. The summed E-state index contributed by atoms with van der Waals surface area (Å²) in [6, 6.07) is 14.0. The Bertz CT molecular complexity index is 692. The SMILES string of the molecule is COc1ccc(C(=O)O/N=C(/N)c2ccc(N(C)C)cc2)cc1. The number of ether oxygens (including phenoxy) is 1. The lowest BCUT2D eigenvalue weighted by molar-refractivity contribution is 0.0516. The smallest absolute Gasteiger partial charge is 0.365 e. The fraction of sp³-hybridized carbons (Fsp3) is 0.176. The van der Waals surface area contributed by atoms with Crippen LogP contribution in [0.1, 0.15) is 15.9 Å². The van der Waals surface area contributed by atoms with Crippen molar-refractivity contribution in [2.75, 3.05) is 26.1 Å². The number of hydrogen-bond donors (Lipinski definition) is 1. The van der Waals surface area contributed by atoms with Crippen LogP contribution in [0.3, 0.4) is 0 Å². The fourth-order valence-corrected chi connectivity index (χ4v) is 1.85. The van der Waals surface area contributed by atoms with Crippen molar-refractivity contribution in [2.24, 2.45) is 10.9 Å². The second-order valence-corrected chi connectivity index (χ2v) is 5.03. The molecule has 0 bridgehead atoms. The van der Waals surface area contributed by atoms with Gasteiger partial charge in [-0.3, -0.25) is 0 Å². The third kappa shape index (κ3) is 4.23. The van der Waals surface area contributed by atoms with E-state index in [0.717, 1.165) is 5.69 Å². The molecule has 0 amide bonds. The monoisotopic (exact) mass is 313 g/mol. The molecule has 0 aliphatic rings. The standard InChI is InChI=1S/C17H19N3O3/c1-20(2)14-8-4-12(5-9-14)16(18)19-23-17(21)13-6-10-15(22-3)11-7-13/h4-11H,1-3H3,(H2,18,19). The third-order valence-corrected chi connectivity index (χ3v) is 3.23. The number of methoxy groups -OCH3 is 1. The predicted molar refractivity (Wildman–Crippen MR) is 89.9 cm³/mol. The van der Waals surface area contributed by atoms with Gasteiger partial charge >= 0.3 is 5.97 Å². The Kier molecular flexibility index (Phi) is 5.19. The first-order valence-electron chi connectivity index (χ1n) is 6.98. The van der Waals surface area contributed by atoms with Gasteiger partial charge in [0.05, 0.1) is 12.7 Å². The number of oxime groups is 1. The number of nitrogens with two attached hydrogens (primary N) is 1. The molecule has 0 aliphatic carbocycles. The summed E-state index contributed by atoms with van der Waals surface area (Å²) >= 11 is 0. The quantitative estimate of drug-likeness (QED) is 0.396. The van der Waals surface area contributed by atoms with Crippen molar-refractivity contribution < 1.29 is 14.4 Å². The van der Waals surface area contributed by atoms with Crippen molar-refractivity contribution in [3.05, 3.63) is 59.7 Å². The van der Waals surface area contributed by atoms with Gasteiger partial charge in [-0.2, -0.15) is 0 Å². The van der Waals surface area contributed by atoms with Crippen LogP contribution in [0.5, 0.6) is 5.75 Å². The molecule has 0 heterocycles. The fourth-order valence-electron chi connectivity index (χ4n) is 1.85. The molecule has 0 unspecified atom stereocenters. The summed E-state index contributed by atoms with van der Waals surface area (Å²) in [7, 11) is 5.45. The van der Waals surface area contributed by atoms with Crippen molar-refractivity contribution in [3.8, 4) is 5.75 Å². The summed E-state index contributed by atoms with van der Waals surface area (Å²) in [4.78, 5) is 18.7. The van der Waals surface area contributed by atoms with Crippen molar-refractivity contribution in [1.82, 2.24) is 0 Å². The van der Waals surface area contributed by atoms with E-state index in [1.54, 1.807) is 31.4 Å². The van der Waals surface area contributed by atoms with Crippen LogP contribution in [-0.4, -0.2) is 33.0 Å². The summed E-state index contributed by atoms with van der Waals surface area (Å²) in [6.45, 7) is 0. The summed E-state index contributed by atoms with van der Waals surface area (Å²) in [5.74, 6) is 0.211. The molecule has 2 aromatic rings. The Morgan fingerprint density at radius 3 is 2.09 bits per heavy atom. The number of hydrogen-bond acceptors (Lipinski definition) is 5. The van der Waals surface area contributed by atoms with Crippen LogP contribution in [0.15, 0.2) is 53.7 Å². The van der Waals surface area contributed by atoms with Gasteiger partial charge in [0, 0.05) is 25.3 Å². The number of carbonyl (C=O) groups excluding carboxylic acids is 1. The number of amidine groups is 1. The van der Waals surface area contributed by atoms with E-state index in [1.165, 1.54) is 0 Å². The minimum absolute atomic E-state index is 0.136. The molecule has 2 rings (SSSR count). The van der Waals surface area contributed by atoms with Crippen LogP contribution in [-0.2, 0) is 4.84 Å². The summed E-state index contributed by atoms with van der Waals surface area (Å²) in [5, 5.41) is 3.69. The van der Waals surface area contributed by atoms with Crippen LogP contribution >= 0.6 is 0 Å². The van der Waals surface area contributed by atoms with Crippen LogP contribution < -0.4 is 15.4 Å². The lowest BCUT2D eigenvalue weighted by Gasteiger charge is -2.12. The zero-order valence-corrected chi connectivity index (χ0v) is 13.3. The lowest BCUT2D eigenvalue weighted by atomic mass is 10.2. The topological polar surface area (TPSA) is 77.1 Å². The van der Waals surface area contributed by atoms with Crippen LogP contribution in [0.25, 0.3) is 0 Å². The van der Waals surface area contributed by atoms with Crippen LogP contribution in [0.2, 0.25) is 0 Å². The molecule has 6 nitrogen and oxygen atoms in total. The Balaban J connectivity index is 2.04. The Labute approximate surface area is 135 Å². The highest BCUT2D eigenvalue weighted by Gasteiger charge is 2.08. The van der Waals surface area contributed by atoms with Crippen LogP contribution in [0.4, 0.5) is 5.69 Å². The van der Waals surface area contributed by atoms with E-state index in [-0.39, 0.29) is 5.84 Å². The second-order valence-electron chi connectivity index (χ2n) is 5.03. The minimum atomic E-state index is -0.583. The first-order chi connectivity index (χ1) is 11.0. The average molecular weight is 313 g/mol. The maximum absolute atomic E-state index is 11.9. The van der Waals surface area contributed by atoms with E-state index >= 15 is 0 Å². The number of anilines is 1. The first-order valence-corrected chi connectivity index (χ1v) is 6.98. The maximum atomic E-state index is 11.9. The summed E-state index contributed by atoms with van der Waals surface area (Å²) < 4.78 is 5.03. The van der Waals surface area contributed by atoms with Gasteiger partial charge in [-0.25, -0.2) is 4.79 Å². The highest BCUT2D eigenvalue weighted by molar-refractivity contribution is 5.98. The van der Waals surface area contributed by atoms with Crippen molar-refractivity contribution >= 4 is 17.5 Å². The van der Waals surface area contributed by atoms with E-state index in [4.69, 9.17) is 15.3 Å². The van der Waals surface area contributed by atoms with Gasteiger partial charge in [-0.15, -0.1) is 0 Å². The Morgan fingerprint density at radius 2 is 1.57 bits per heavy atom. The molecular formula is C17H19N3O3. The van der Waals surface area contributed by atoms with Crippen LogP contribution in [0, 0.1) is 0 Å². The van der Waals surface area contributed by atoms with E-state index < -0.39 is 5.97 Å². The molecule has 2 N–H and O–H groups in total. The predicted octanol–water partition coefficient (Wildman–Crippen LogP) is 2.24. The normalized spacial score (nSPS) is 11.0. The zero-order chi connectivity index (χ0) is 16.8. The van der Waals surface area contributed by atoms with Gasteiger partial charge in [0.2, 0.25) is 0 Å². The number of carbonyl (C=O) groups is 1. The highest BCUT2D eigenvalue weighted by Crippen LogP contribution is 2.13. The largest absolute Gasteiger partial charge is 0.497 e. The van der Waals surface area contributed by atoms with E-state index in [2.05, 4.69) is 5.16 Å².